The molecule has 3 rings (SSSR count). The lowest BCUT2D eigenvalue weighted by atomic mass is 9.90. The van der Waals surface area contributed by atoms with E-state index in [1.54, 1.807) is 17.0 Å². The summed E-state index contributed by atoms with van der Waals surface area (Å²) in [7, 11) is 4.59. The zero-order chi connectivity index (χ0) is 20.5. The molecule has 0 bridgehead atoms. The Morgan fingerprint density at radius 3 is 2.31 bits per heavy atom. The van der Waals surface area contributed by atoms with Crippen LogP contribution in [0.15, 0.2) is 12.1 Å². The van der Waals surface area contributed by atoms with Crippen LogP contribution in [0, 0.1) is 11.3 Å². The van der Waals surface area contributed by atoms with E-state index in [0.717, 1.165) is 6.42 Å². The smallest absolute Gasteiger partial charge is 0.228 e. The number of likely N-dealkylation sites (tertiary alicyclic amines) is 1. The lowest BCUT2D eigenvalue weighted by Crippen LogP contribution is -2.38. The van der Waals surface area contributed by atoms with Crippen LogP contribution in [0.5, 0.6) is 17.2 Å². The Morgan fingerprint density at radius 1 is 1.21 bits per heavy atom. The Labute approximate surface area is 177 Å². The highest BCUT2D eigenvalue weighted by Crippen LogP contribution is 2.42. The lowest BCUT2D eigenvalue weighted by Gasteiger charge is -2.24. The summed E-state index contributed by atoms with van der Waals surface area (Å²) < 4.78 is 16.1. The predicted octanol–water partition coefficient (Wildman–Crippen LogP) is 1.68. The van der Waals surface area contributed by atoms with Crippen molar-refractivity contribution < 1.29 is 23.8 Å². The van der Waals surface area contributed by atoms with Crippen molar-refractivity contribution in [3.8, 4) is 17.2 Å². The average Bonchev–Trinajstić information content (AvgIpc) is 3.30. The van der Waals surface area contributed by atoms with Crippen molar-refractivity contribution >= 4 is 29.9 Å². The maximum atomic E-state index is 13.0. The number of nitrogens with two attached hydrogens (primary N) is 1. The summed E-state index contributed by atoms with van der Waals surface area (Å²) in [6.45, 7) is 4.34. The summed E-state index contributed by atoms with van der Waals surface area (Å²) >= 11 is 0. The van der Waals surface area contributed by atoms with Gasteiger partial charge < -0.3 is 29.7 Å². The van der Waals surface area contributed by atoms with E-state index in [9.17, 15) is 9.59 Å². The Kier molecular flexibility index (Phi) is 7.24. The highest BCUT2D eigenvalue weighted by atomic mass is 35.5. The minimum Gasteiger partial charge on any atom is -0.493 e. The fourth-order valence-corrected chi connectivity index (χ4v) is 3.98. The number of halogens is 1. The number of benzene rings is 1. The second kappa shape index (κ2) is 9.09. The molecule has 0 spiro atoms. The molecule has 2 aliphatic heterocycles. The maximum absolute atomic E-state index is 13.0. The molecule has 2 aliphatic rings. The zero-order valence-corrected chi connectivity index (χ0v) is 18.2. The molecule has 1 aromatic rings. The molecule has 1 aromatic carbocycles. The van der Waals surface area contributed by atoms with Crippen LogP contribution in [0.25, 0.3) is 0 Å². The van der Waals surface area contributed by atoms with E-state index in [1.807, 2.05) is 4.90 Å². The summed E-state index contributed by atoms with van der Waals surface area (Å²) in [5.41, 5.74) is 6.44. The zero-order valence-electron chi connectivity index (χ0n) is 17.4. The molecule has 0 saturated carbocycles. The van der Waals surface area contributed by atoms with E-state index in [2.05, 4.69) is 6.92 Å². The monoisotopic (exact) mass is 427 g/mol. The van der Waals surface area contributed by atoms with Crippen LogP contribution in [0.4, 0.5) is 5.69 Å². The van der Waals surface area contributed by atoms with Gasteiger partial charge in [0.05, 0.1) is 32.9 Å². The van der Waals surface area contributed by atoms with Gasteiger partial charge in [-0.1, -0.05) is 6.92 Å². The van der Waals surface area contributed by atoms with E-state index in [-0.39, 0.29) is 42.0 Å². The molecule has 2 N–H and O–H groups in total. The molecule has 2 saturated heterocycles. The third-order valence-electron chi connectivity index (χ3n) is 5.80. The SMILES string of the molecule is COc1cc(N2CC(C(=O)N3CCC(C)(CN)C3)CC2=O)cc(OC)c1OC.Cl. The largest absolute Gasteiger partial charge is 0.493 e. The average molecular weight is 428 g/mol. The van der Waals surface area contributed by atoms with Gasteiger partial charge in [-0.3, -0.25) is 9.59 Å². The number of methoxy groups -OCH3 is 3. The number of carbonyl (C=O) groups is 2. The summed E-state index contributed by atoms with van der Waals surface area (Å²) in [6, 6.07) is 3.46. The van der Waals surface area contributed by atoms with E-state index in [1.165, 1.54) is 21.3 Å². The fraction of sp³-hybridized carbons (Fsp3) is 0.600. The fourth-order valence-electron chi connectivity index (χ4n) is 3.98. The third kappa shape index (κ3) is 4.38. The van der Waals surface area contributed by atoms with E-state index in [0.29, 0.717) is 49.1 Å². The lowest BCUT2D eigenvalue weighted by molar-refractivity contribution is -0.135. The molecule has 0 aromatic heterocycles. The molecule has 0 aliphatic carbocycles. The topological polar surface area (TPSA) is 94.3 Å². The van der Waals surface area contributed by atoms with Crippen molar-refractivity contribution in [1.29, 1.82) is 0 Å². The second-order valence-corrected chi connectivity index (χ2v) is 7.81. The number of anilines is 1. The number of ether oxygens (including phenoxy) is 3. The van der Waals surface area contributed by atoms with Crippen LogP contribution in [0.2, 0.25) is 0 Å². The first-order chi connectivity index (χ1) is 13.4. The molecule has 162 valence electrons. The van der Waals surface area contributed by atoms with Gasteiger partial charge in [0.1, 0.15) is 0 Å². The molecule has 2 unspecified atom stereocenters. The minimum absolute atomic E-state index is 0. The van der Waals surface area contributed by atoms with Gasteiger partial charge in [-0.2, -0.15) is 0 Å². The number of carbonyl (C=O) groups excluding carboxylic acids is 2. The number of hydrogen-bond acceptors (Lipinski definition) is 6. The molecule has 2 amide bonds. The first kappa shape index (κ1) is 23.1. The van der Waals surface area contributed by atoms with Gasteiger partial charge in [0, 0.05) is 38.2 Å². The van der Waals surface area contributed by atoms with Crippen LogP contribution in [-0.2, 0) is 9.59 Å². The van der Waals surface area contributed by atoms with Gasteiger partial charge in [0.15, 0.2) is 11.5 Å². The van der Waals surface area contributed by atoms with Crippen LogP contribution in [0.1, 0.15) is 19.8 Å². The van der Waals surface area contributed by atoms with E-state index in [4.69, 9.17) is 19.9 Å². The van der Waals surface area contributed by atoms with E-state index >= 15 is 0 Å². The van der Waals surface area contributed by atoms with Crippen LogP contribution < -0.4 is 24.8 Å². The Bertz CT molecular complexity index is 749. The third-order valence-corrected chi connectivity index (χ3v) is 5.80. The quantitative estimate of drug-likeness (QED) is 0.742. The number of nitrogens with zero attached hydrogens (tertiary/aromatic N) is 2. The van der Waals surface area contributed by atoms with Gasteiger partial charge >= 0.3 is 0 Å². The Balaban J connectivity index is 0.00000300. The number of hydrogen-bond donors (Lipinski definition) is 1. The molecule has 2 fully saturated rings. The minimum atomic E-state index is -0.355. The summed E-state index contributed by atoms with van der Waals surface area (Å²) in [5.74, 6) is 0.988. The van der Waals surface area contributed by atoms with Crippen molar-refractivity contribution in [1.82, 2.24) is 4.90 Å². The molecular formula is C20H30ClN3O5. The highest BCUT2D eigenvalue weighted by molar-refractivity contribution is 6.00. The van der Waals surface area contributed by atoms with Crippen LogP contribution >= 0.6 is 12.4 Å². The van der Waals surface area contributed by atoms with Gasteiger partial charge in [0.2, 0.25) is 17.6 Å². The molecule has 9 heteroatoms. The number of rotatable bonds is 6. The maximum Gasteiger partial charge on any atom is 0.228 e. The van der Waals surface area contributed by atoms with Gasteiger partial charge in [-0.05, 0) is 18.4 Å². The van der Waals surface area contributed by atoms with Gasteiger partial charge in [-0.25, -0.2) is 0 Å². The first-order valence-electron chi connectivity index (χ1n) is 9.45. The highest BCUT2D eigenvalue weighted by Gasteiger charge is 2.42. The van der Waals surface area contributed by atoms with Crippen molar-refractivity contribution in [2.24, 2.45) is 17.1 Å². The number of amides is 2. The van der Waals surface area contributed by atoms with Crippen molar-refractivity contribution in [3.63, 3.8) is 0 Å². The van der Waals surface area contributed by atoms with Crippen molar-refractivity contribution in [2.45, 2.75) is 19.8 Å². The predicted molar refractivity (Wildman–Crippen MR) is 112 cm³/mol. The summed E-state index contributed by atoms with van der Waals surface area (Å²) in [4.78, 5) is 29.1. The Morgan fingerprint density at radius 2 is 1.83 bits per heavy atom. The van der Waals surface area contributed by atoms with Crippen LogP contribution in [0.3, 0.4) is 0 Å². The molecule has 29 heavy (non-hydrogen) atoms. The van der Waals surface area contributed by atoms with Gasteiger partial charge in [-0.15, -0.1) is 12.4 Å². The molecular weight excluding hydrogens is 398 g/mol. The molecule has 2 atom stereocenters. The first-order valence-corrected chi connectivity index (χ1v) is 9.45. The standard InChI is InChI=1S/C20H29N3O5.ClH/c1-20(11-21)5-6-22(12-20)19(25)13-7-17(24)23(10-13)14-8-15(26-2)18(28-4)16(9-14)27-3;/h8-9,13H,5-7,10-12,21H2,1-4H3;1H. The Hall–Kier alpha value is -2.19. The van der Waals surface area contributed by atoms with Crippen molar-refractivity contribution in [2.75, 3.05) is 52.4 Å². The van der Waals surface area contributed by atoms with E-state index < -0.39 is 0 Å². The molecule has 2 heterocycles. The summed E-state index contributed by atoms with van der Waals surface area (Å²) in [5, 5.41) is 0. The summed E-state index contributed by atoms with van der Waals surface area (Å²) in [6.07, 6.45) is 1.10. The normalized spacial score (nSPS) is 23.8. The van der Waals surface area contributed by atoms with Crippen LogP contribution in [-0.4, -0.2) is 64.2 Å². The van der Waals surface area contributed by atoms with Gasteiger partial charge in [0.25, 0.3) is 0 Å². The molecule has 8 nitrogen and oxygen atoms in total. The molecule has 0 radical (unpaired) electrons. The second-order valence-electron chi connectivity index (χ2n) is 7.81. The van der Waals surface area contributed by atoms with Crippen molar-refractivity contribution in [3.05, 3.63) is 12.1 Å².